The van der Waals surface area contributed by atoms with E-state index in [1.54, 1.807) is 72.8 Å². The van der Waals surface area contributed by atoms with Crippen molar-refractivity contribution in [1.82, 2.24) is 0 Å². The van der Waals surface area contributed by atoms with Crippen LogP contribution < -0.4 is 10.1 Å². The summed E-state index contributed by atoms with van der Waals surface area (Å²) in [5.41, 5.74) is 1.73. The molecule has 0 aliphatic carbocycles. The second-order valence-electron chi connectivity index (χ2n) is 7.87. The normalized spacial score (nSPS) is 10.7. The summed E-state index contributed by atoms with van der Waals surface area (Å²) in [6.07, 6.45) is 4.29. The molecule has 3 aromatic carbocycles. The molecule has 3 aromatic rings. The molecule has 0 saturated carbocycles. The molecular formula is C29H26N2O5. The lowest BCUT2D eigenvalue weighted by Gasteiger charge is -2.07. The van der Waals surface area contributed by atoms with Crippen molar-refractivity contribution in [1.29, 1.82) is 5.26 Å². The Kier molecular flexibility index (Phi) is 9.54. The summed E-state index contributed by atoms with van der Waals surface area (Å²) in [6, 6.07) is 23.2. The Morgan fingerprint density at radius 3 is 2.17 bits per heavy atom. The second kappa shape index (κ2) is 13.3. The first kappa shape index (κ1) is 25.9. The maximum atomic E-state index is 12.6. The highest BCUT2D eigenvalue weighted by Crippen LogP contribution is 2.18. The lowest BCUT2D eigenvalue weighted by atomic mass is 10.1. The van der Waals surface area contributed by atoms with Gasteiger partial charge < -0.3 is 14.8 Å². The number of carbonyl (C=O) groups excluding carboxylic acids is 3. The number of unbranched alkanes of at least 4 members (excludes halogenated alkanes) is 2. The zero-order chi connectivity index (χ0) is 25.8. The van der Waals surface area contributed by atoms with Crippen LogP contribution in [0.4, 0.5) is 5.69 Å². The maximum Gasteiger partial charge on any atom is 0.343 e. The highest BCUT2D eigenvalue weighted by Gasteiger charge is 2.12. The zero-order valence-corrected chi connectivity index (χ0v) is 19.9. The van der Waals surface area contributed by atoms with E-state index in [0.29, 0.717) is 34.7 Å². The maximum absolute atomic E-state index is 12.6. The molecule has 0 unspecified atom stereocenters. The second-order valence-corrected chi connectivity index (χ2v) is 7.87. The van der Waals surface area contributed by atoms with Gasteiger partial charge in [0, 0.05) is 5.69 Å². The lowest BCUT2D eigenvalue weighted by molar-refractivity contribution is -0.112. The van der Waals surface area contributed by atoms with Crippen molar-refractivity contribution in [3.8, 4) is 11.8 Å². The van der Waals surface area contributed by atoms with E-state index in [0.717, 1.165) is 19.3 Å². The molecule has 0 heterocycles. The Hall–Kier alpha value is -4.70. The van der Waals surface area contributed by atoms with Crippen LogP contribution >= 0.6 is 0 Å². The number of ether oxygens (including phenoxy) is 2. The minimum Gasteiger partial charge on any atom is -0.462 e. The van der Waals surface area contributed by atoms with Crippen LogP contribution in [0.2, 0.25) is 0 Å². The lowest BCUT2D eigenvalue weighted by Crippen LogP contribution is -2.13. The summed E-state index contributed by atoms with van der Waals surface area (Å²) in [6.45, 7) is 2.45. The zero-order valence-electron chi connectivity index (χ0n) is 19.9. The minimum absolute atomic E-state index is 0.108. The molecule has 0 atom stereocenters. The fourth-order valence-corrected chi connectivity index (χ4v) is 3.18. The monoisotopic (exact) mass is 482 g/mol. The molecule has 0 bridgehead atoms. The van der Waals surface area contributed by atoms with Gasteiger partial charge in [-0.25, -0.2) is 9.59 Å². The van der Waals surface area contributed by atoms with E-state index in [2.05, 4.69) is 12.2 Å². The van der Waals surface area contributed by atoms with Gasteiger partial charge in [-0.05, 0) is 66.6 Å². The topological polar surface area (TPSA) is 105 Å². The molecule has 0 radical (unpaired) electrons. The first-order valence-electron chi connectivity index (χ1n) is 11.6. The third kappa shape index (κ3) is 7.67. The molecule has 1 N–H and O–H groups in total. The Bertz CT molecular complexity index is 1260. The summed E-state index contributed by atoms with van der Waals surface area (Å²) in [4.78, 5) is 36.8. The van der Waals surface area contributed by atoms with Crippen LogP contribution in [-0.4, -0.2) is 24.5 Å². The number of hydrogen-bond acceptors (Lipinski definition) is 6. The number of benzene rings is 3. The van der Waals surface area contributed by atoms with Crippen molar-refractivity contribution in [2.24, 2.45) is 0 Å². The molecule has 3 rings (SSSR count). The third-order valence-corrected chi connectivity index (χ3v) is 5.14. The van der Waals surface area contributed by atoms with Gasteiger partial charge >= 0.3 is 11.9 Å². The summed E-state index contributed by atoms with van der Waals surface area (Å²) < 4.78 is 10.6. The van der Waals surface area contributed by atoms with Crippen LogP contribution in [0.3, 0.4) is 0 Å². The molecule has 1 amide bonds. The average molecular weight is 483 g/mol. The number of amides is 1. The van der Waals surface area contributed by atoms with Gasteiger partial charge in [-0.15, -0.1) is 0 Å². The van der Waals surface area contributed by atoms with E-state index >= 15 is 0 Å². The van der Waals surface area contributed by atoms with Crippen LogP contribution in [0.1, 0.15) is 52.5 Å². The van der Waals surface area contributed by atoms with Crippen LogP contribution in [0.15, 0.2) is 84.4 Å². The molecule has 36 heavy (non-hydrogen) atoms. The Morgan fingerprint density at radius 2 is 1.53 bits per heavy atom. The Morgan fingerprint density at radius 1 is 0.861 bits per heavy atom. The fraction of sp³-hybridized carbons (Fsp3) is 0.172. The SMILES string of the molecule is CCCCCOC(=O)c1ccc(NC(=O)C(C#N)=Cc2ccc(OC(=O)c3ccccc3)cc2)cc1. The van der Waals surface area contributed by atoms with Crippen molar-refractivity contribution < 1.29 is 23.9 Å². The molecule has 0 aliphatic rings. The predicted molar refractivity (Wildman–Crippen MR) is 136 cm³/mol. The van der Waals surface area contributed by atoms with Crippen LogP contribution in [0.25, 0.3) is 6.08 Å². The number of carbonyl (C=O) groups is 3. The van der Waals surface area contributed by atoms with Crippen LogP contribution in [0, 0.1) is 11.3 Å². The molecule has 7 heteroatoms. The van der Waals surface area contributed by atoms with Gasteiger partial charge in [0.1, 0.15) is 17.4 Å². The third-order valence-electron chi connectivity index (χ3n) is 5.14. The first-order valence-corrected chi connectivity index (χ1v) is 11.6. The van der Waals surface area contributed by atoms with E-state index in [-0.39, 0.29) is 5.57 Å². The van der Waals surface area contributed by atoms with Crippen LogP contribution in [0.5, 0.6) is 5.75 Å². The minimum atomic E-state index is -0.591. The van der Waals surface area contributed by atoms with E-state index in [9.17, 15) is 19.6 Å². The summed E-state index contributed by atoms with van der Waals surface area (Å²) in [5, 5.41) is 12.1. The molecule has 0 fully saturated rings. The highest BCUT2D eigenvalue weighted by molar-refractivity contribution is 6.09. The van der Waals surface area contributed by atoms with Crippen molar-refractivity contribution >= 4 is 29.6 Å². The number of hydrogen-bond donors (Lipinski definition) is 1. The van der Waals surface area contributed by atoms with Gasteiger partial charge in [-0.1, -0.05) is 50.1 Å². The number of rotatable bonds is 10. The predicted octanol–water partition coefficient (Wildman–Crippen LogP) is 5.80. The largest absolute Gasteiger partial charge is 0.462 e. The molecule has 0 aliphatic heterocycles. The van der Waals surface area contributed by atoms with Crippen molar-refractivity contribution in [2.45, 2.75) is 26.2 Å². The van der Waals surface area contributed by atoms with Gasteiger partial charge in [0.15, 0.2) is 0 Å². The molecule has 182 valence electrons. The highest BCUT2D eigenvalue weighted by atomic mass is 16.5. The van der Waals surface area contributed by atoms with Crippen LogP contribution in [-0.2, 0) is 9.53 Å². The van der Waals surface area contributed by atoms with Gasteiger partial charge in [0.05, 0.1) is 17.7 Å². The average Bonchev–Trinajstić information content (AvgIpc) is 2.91. The Labute approximate surface area is 210 Å². The van der Waals surface area contributed by atoms with E-state index < -0.39 is 17.8 Å². The van der Waals surface area contributed by atoms with E-state index in [1.807, 2.05) is 12.1 Å². The Balaban J connectivity index is 1.58. The number of nitrogens with one attached hydrogen (secondary N) is 1. The smallest absolute Gasteiger partial charge is 0.343 e. The van der Waals surface area contributed by atoms with Crippen molar-refractivity contribution in [3.63, 3.8) is 0 Å². The quantitative estimate of drug-likeness (QED) is 0.129. The first-order chi connectivity index (χ1) is 17.5. The molecular weight excluding hydrogens is 456 g/mol. The summed E-state index contributed by atoms with van der Waals surface area (Å²) in [7, 11) is 0. The van der Waals surface area contributed by atoms with Gasteiger partial charge in [-0.3, -0.25) is 4.79 Å². The van der Waals surface area contributed by atoms with Gasteiger partial charge in [0.25, 0.3) is 5.91 Å². The van der Waals surface area contributed by atoms with Gasteiger partial charge in [0.2, 0.25) is 0 Å². The van der Waals surface area contributed by atoms with Crippen molar-refractivity contribution in [3.05, 3.63) is 101 Å². The standard InChI is InChI=1S/C29H26N2O5/c1-2-3-7-18-35-28(33)23-12-14-25(15-13-23)31-27(32)24(20-30)19-21-10-16-26(17-11-21)36-29(34)22-8-5-4-6-9-22/h4-6,8-17,19H,2-3,7,18H2,1H3,(H,31,32). The van der Waals surface area contributed by atoms with Crippen molar-refractivity contribution in [2.75, 3.05) is 11.9 Å². The number of esters is 2. The number of anilines is 1. The number of nitrogens with zero attached hydrogens (tertiary/aromatic N) is 1. The molecule has 0 saturated heterocycles. The van der Waals surface area contributed by atoms with Gasteiger partial charge in [-0.2, -0.15) is 5.26 Å². The number of nitriles is 1. The molecule has 7 nitrogen and oxygen atoms in total. The molecule has 0 aromatic heterocycles. The van der Waals surface area contributed by atoms with E-state index in [4.69, 9.17) is 9.47 Å². The van der Waals surface area contributed by atoms with E-state index in [1.165, 1.54) is 6.08 Å². The fourth-order valence-electron chi connectivity index (χ4n) is 3.18. The molecule has 0 spiro atoms. The summed E-state index contributed by atoms with van der Waals surface area (Å²) >= 11 is 0. The summed E-state index contributed by atoms with van der Waals surface area (Å²) in [5.74, 6) is -1.15.